The van der Waals surface area contributed by atoms with Gasteiger partial charge in [0, 0.05) is 35.9 Å². The lowest BCUT2D eigenvalue weighted by Gasteiger charge is -2.19. The summed E-state index contributed by atoms with van der Waals surface area (Å²) in [5.74, 6) is 0.166. The van der Waals surface area contributed by atoms with Gasteiger partial charge in [0.25, 0.3) is 0 Å². The van der Waals surface area contributed by atoms with E-state index in [2.05, 4.69) is 70.8 Å². The lowest BCUT2D eigenvalue weighted by Crippen LogP contribution is -2.29. The summed E-state index contributed by atoms with van der Waals surface area (Å²) in [7, 11) is 2.11. The van der Waals surface area contributed by atoms with Crippen molar-refractivity contribution >= 4 is 22.5 Å². The van der Waals surface area contributed by atoms with Crippen molar-refractivity contribution in [2.45, 2.75) is 32.9 Å². The number of hydrogen-bond acceptors (Lipinski definition) is 2. The first-order chi connectivity index (χ1) is 12.5. The van der Waals surface area contributed by atoms with Crippen molar-refractivity contribution in [3.05, 3.63) is 65.9 Å². The Kier molecular flexibility index (Phi) is 4.19. The van der Waals surface area contributed by atoms with Gasteiger partial charge in [-0.3, -0.25) is 4.79 Å². The second-order valence-electron chi connectivity index (χ2n) is 7.65. The zero-order valence-corrected chi connectivity index (χ0v) is 15.4. The van der Waals surface area contributed by atoms with Crippen LogP contribution >= 0.6 is 0 Å². The predicted octanol–water partition coefficient (Wildman–Crippen LogP) is 4.22. The molecule has 134 valence electrons. The topological polar surface area (TPSA) is 48.1 Å². The minimum Gasteiger partial charge on any atom is -0.370 e. The summed E-state index contributed by atoms with van der Waals surface area (Å²) in [6, 6.07) is 19.0. The number of amides is 1. The highest BCUT2D eigenvalue weighted by atomic mass is 16.2. The monoisotopic (exact) mass is 347 g/mol. The molecular weight excluding hydrogens is 322 g/mol. The Bertz CT molecular complexity index is 925. The van der Waals surface area contributed by atoms with Gasteiger partial charge >= 0.3 is 0 Å². The van der Waals surface area contributed by atoms with Gasteiger partial charge in [-0.1, -0.05) is 43.3 Å². The third kappa shape index (κ3) is 3.45. The standard InChI is InChI=1S/C22H25N3O/c1-22(10-11-22)21(26)23-14-18-12-17-8-9-19(13-20(17)24-18)25(2)15-16-6-4-3-5-7-16/h3-9,12-13,24H,10-11,14-15H2,1-2H3,(H,23,26). The molecule has 4 heteroatoms. The lowest BCUT2D eigenvalue weighted by molar-refractivity contribution is -0.125. The van der Waals surface area contributed by atoms with Crippen molar-refractivity contribution in [2.24, 2.45) is 5.41 Å². The molecule has 0 saturated heterocycles. The number of hydrogen-bond donors (Lipinski definition) is 2. The molecule has 4 rings (SSSR count). The number of nitrogens with zero attached hydrogens (tertiary/aromatic N) is 1. The number of nitrogens with one attached hydrogen (secondary N) is 2. The number of aromatic nitrogens is 1. The van der Waals surface area contributed by atoms with E-state index in [0.29, 0.717) is 6.54 Å². The van der Waals surface area contributed by atoms with E-state index in [1.54, 1.807) is 0 Å². The van der Waals surface area contributed by atoms with Crippen LogP contribution in [0.4, 0.5) is 5.69 Å². The highest BCUT2D eigenvalue weighted by Gasteiger charge is 2.44. The molecule has 1 aliphatic rings. The van der Waals surface area contributed by atoms with E-state index in [9.17, 15) is 4.79 Å². The number of fused-ring (bicyclic) bond motifs is 1. The van der Waals surface area contributed by atoms with Crippen molar-refractivity contribution in [1.82, 2.24) is 10.3 Å². The highest BCUT2D eigenvalue weighted by Crippen LogP contribution is 2.45. The second kappa shape index (κ2) is 6.52. The number of anilines is 1. The summed E-state index contributed by atoms with van der Waals surface area (Å²) in [5, 5.41) is 4.22. The van der Waals surface area contributed by atoms with Gasteiger partial charge in [0.05, 0.1) is 6.54 Å². The van der Waals surface area contributed by atoms with E-state index >= 15 is 0 Å². The van der Waals surface area contributed by atoms with Gasteiger partial charge < -0.3 is 15.2 Å². The third-order valence-corrected chi connectivity index (χ3v) is 5.35. The molecule has 26 heavy (non-hydrogen) atoms. The molecule has 1 heterocycles. The van der Waals surface area contributed by atoms with Crippen molar-refractivity contribution in [2.75, 3.05) is 11.9 Å². The summed E-state index contributed by atoms with van der Waals surface area (Å²) in [5.41, 5.74) is 4.48. The third-order valence-electron chi connectivity index (χ3n) is 5.35. The molecule has 0 aliphatic heterocycles. The molecule has 0 atom stereocenters. The van der Waals surface area contributed by atoms with Crippen LogP contribution in [0.15, 0.2) is 54.6 Å². The van der Waals surface area contributed by atoms with Crippen LogP contribution in [0.1, 0.15) is 31.0 Å². The van der Waals surface area contributed by atoms with Crippen LogP contribution in [0.3, 0.4) is 0 Å². The van der Waals surface area contributed by atoms with Crippen molar-refractivity contribution in [3.8, 4) is 0 Å². The van der Waals surface area contributed by atoms with Crippen LogP contribution < -0.4 is 10.2 Å². The molecule has 1 saturated carbocycles. The Hall–Kier alpha value is -2.75. The first kappa shape index (κ1) is 16.7. The minimum atomic E-state index is -0.126. The lowest BCUT2D eigenvalue weighted by atomic mass is 10.1. The van der Waals surface area contributed by atoms with E-state index in [4.69, 9.17) is 0 Å². The molecule has 2 N–H and O–H groups in total. The zero-order chi connectivity index (χ0) is 18.1. The normalized spacial score (nSPS) is 15.0. The summed E-state index contributed by atoms with van der Waals surface area (Å²) >= 11 is 0. The Morgan fingerprint density at radius 3 is 2.65 bits per heavy atom. The Morgan fingerprint density at radius 2 is 1.92 bits per heavy atom. The van der Waals surface area contributed by atoms with Gasteiger partial charge in [-0.15, -0.1) is 0 Å². The fourth-order valence-electron chi connectivity index (χ4n) is 3.26. The summed E-state index contributed by atoms with van der Waals surface area (Å²) in [4.78, 5) is 17.8. The average Bonchev–Trinajstić information content (AvgIpc) is 3.27. The molecule has 1 amide bonds. The van der Waals surface area contributed by atoms with Crippen LogP contribution in [0.2, 0.25) is 0 Å². The van der Waals surface area contributed by atoms with E-state index < -0.39 is 0 Å². The molecule has 1 aromatic heterocycles. The first-order valence-corrected chi connectivity index (χ1v) is 9.19. The second-order valence-corrected chi connectivity index (χ2v) is 7.65. The van der Waals surface area contributed by atoms with Gasteiger partial charge in [0.2, 0.25) is 5.91 Å². The molecular formula is C22H25N3O. The number of rotatable bonds is 6. The van der Waals surface area contributed by atoms with Crippen LogP contribution in [0, 0.1) is 5.41 Å². The summed E-state index contributed by atoms with van der Waals surface area (Å²) < 4.78 is 0. The van der Waals surface area contributed by atoms with Crippen LogP contribution in [0.25, 0.3) is 10.9 Å². The van der Waals surface area contributed by atoms with Gasteiger partial charge in [-0.05, 0) is 42.0 Å². The first-order valence-electron chi connectivity index (χ1n) is 9.19. The molecule has 0 unspecified atom stereocenters. The van der Waals surface area contributed by atoms with Gasteiger partial charge in [-0.2, -0.15) is 0 Å². The summed E-state index contributed by atoms with van der Waals surface area (Å²) in [6.07, 6.45) is 2.01. The highest BCUT2D eigenvalue weighted by molar-refractivity contribution is 5.86. The zero-order valence-electron chi connectivity index (χ0n) is 15.4. The van der Waals surface area contributed by atoms with E-state index in [-0.39, 0.29) is 11.3 Å². The quantitative estimate of drug-likeness (QED) is 0.701. The smallest absolute Gasteiger partial charge is 0.226 e. The molecule has 0 spiro atoms. The van der Waals surface area contributed by atoms with Crippen molar-refractivity contribution in [1.29, 1.82) is 0 Å². The van der Waals surface area contributed by atoms with Gasteiger partial charge in [0.1, 0.15) is 0 Å². The van der Waals surface area contributed by atoms with E-state index in [0.717, 1.165) is 30.6 Å². The molecule has 0 bridgehead atoms. The molecule has 3 aromatic rings. The average molecular weight is 347 g/mol. The number of carbonyl (C=O) groups excluding carboxylic acids is 1. The number of benzene rings is 2. The van der Waals surface area contributed by atoms with Gasteiger partial charge in [-0.25, -0.2) is 0 Å². The van der Waals surface area contributed by atoms with Crippen LogP contribution in [0.5, 0.6) is 0 Å². The fraction of sp³-hybridized carbons (Fsp3) is 0.318. The van der Waals surface area contributed by atoms with Crippen molar-refractivity contribution in [3.63, 3.8) is 0 Å². The maximum absolute atomic E-state index is 12.1. The SMILES string of the molecule is CN(Cc1ccccc1)c1ccc2cc(CNC(=O)C3(C)CC3)[nH]c2c1. The maximum atomic E-state index is 12.1. The van der Waals surface area contributed by atoms with E-state index in [1.165, 1.54) is 16.6 Å². The molecule has 1 fully saturated rings. The number of carbonyl (C=O) groups is 1. The van der Waals surface area contributed by atoms with Gasteiger partial charge in [0.15, 0.2) is 0 Å². The molecule has 2 aromatic carbocycles. The predicted molar refractivity (Wildman–Crippen MR) is 106 cm³/mol. The Morgan fingerprint density at radius 1 is 1.15 bits per heavy atom. The Balaban J connectivity index is 1.46. The van der Waals surface area contributed by atoms with E-state index in [1.807, 2.05) is 13.0 Å². The number of aromatic amines is 1. The Labute approximate surface area is 154 Å². The molecule has 1 aliphatic carbocycles. The van der Waals surface area contributed by atoms with Crippen molar-refractivity contribution < 1.29 is 4.79 Å². The fourth-order valence-corrected chi connectivity index (χ4v) is 3.26. The molecule has 4 nitrogen and oxygen atoms in total. The molecule has 0 radical (unpaired) electrons. The minimum absolute atomic E-state index is 0.126. The van der Waals surface area contributed by atoms with Crippen LogP contribution in [-0.2, 0) is 17.9 Å². The van der Waals surface area contributed by atoms with Crippen LogP contribution in [-0.4, -0.2) is 17.9 Å². The maximum Gasteiger partial charge on any atom is 0.226 e. The number of H-pyrrole nitrogens is 1. The summed E-state index contributed by atoms with van der Waals surface area (Å²) in [6.45, 7) is 3.45. The largest absolute Gasteiger partial charge is 0.370 e.